The van der Waals surface area contributed by atoms with Crippen LogP contribution >= 0.6 is 12.4 Å². The molecule has 0 spiro atoms. The number of nitrogens with zero attached hydrogens (tertiary/aromatic N) is 1. The summed E-state index contributed by atoms with van der Waals surface area (Å²) >= 11 is 0. The number of ether oxygens (including phenoxy) is 1. The number of nitrogens with two attached hydrogens (primary N) is 1. The summed E-state index contributed by atoms with van der Waals surface area (Å²) in [6.45, 7) is 1.18. The van der Waals surface area contributed by atoms with Gasteiger partial charge in [-0.05, 0) is 43.9 Å². The van der Waals surface area contributed by atoms with E-state index in [-0.39, 0.29) is 30.3 Å². The highest BCUT2D eigenvalue weighted by atomic mass is 35.5. The molecule has 2 aliphatic heterocycles. The lowest BCUT2D eigenvalue weighted by molar-refractivity contribution is -0.126. The van der Waals surface area contributed by atoms with Crippen LogP contribution in [-0.4, -0.2) is 37.1 Å². The lowest BCUT2D eigenvalue weighted by Gasteiger charge is -2.27. The van der Waals surface area contributed by atoms with E-state index in [2.05, 4.69) is 5.32 Å². The number of carbonyl (C=O) groups excluding carboxylic acids is 2. The topological polar surface area (TPSA) is 84.7 Å². The SMILES string of the molecule is Cl.NC[C@H]1CC[C@@H](C(=O)Nc2cccc(N3CCCCC3=O)c2)O1. The summed E-state index contributed by atoms with van der Waals surface area (Å²) < 4.78 is 5.61. The third-order valence-corrected chi connectivity index (χ3v) is 4.41. The van der Waals surface area contributed by atoms with E-state index in [0.717, 1.165) is 31.5 Å². The molecule has 2 fully saturated rings. The van der Waals surface area contributed by atoms with Gasteiger partial charge in [0.2, 0.25) is 5.91 Å². The molecule has 132 valence electrons. The van der Waals surface area contributed by atoms with Crippen molar-refractivity contribution in [1.29, 1.82) is 0 Å². The van der Waals surface area contributed by atoms with Crippen LogP contribution in [0.2, 0.25) is 0 Å². The van der Waals surface area contributed by atoms with Crippen molar-refractivity contribution in [3.63, 3.8) is 0 Å². The second-order valence-corrected chi connectivity index (χ2v) is 6.10. The minimum Gasteiger partial charge on any atom is -0.364 e. The highest BCUT2D eigenvalue weighted by Crippen LogP contribution is 2.25. The van der Waals surface area contributed by atoms with Crippen molar-refractivity contribution in [1.82, 2.24) is 0 Å². The number of hydrogen-bond acceptors (Lipinski definition) is 4. The summed E-state index contributed by atoms with van der Waals surface area (Å²) in [5.74, 6) is -0.00675. The molecule has 3 rings (SSSR count). The molecule has 24 heavy (non-hydrogen) atoms. The van der Waals surface area contributed by atoms with Gasteiger partial charge in [-0.25, -0.2) is 0 Å². The van der Waals surface area contributed by atoms with Gasteiger partial charge in [0.05, 0.1) is 6.10 Å². The van der Waals surface area contributed by atoms with Crippen LogP contribution < -0.4 is 16.0 Å². The number of nitrogens with one attached hydrogen (secondary N) is 1. The van der Waals surface area contributed by atoms with E-state index in [1.807, 2.05) is 24.3 Å². The summed E-state index contributed by atoms with van der Waals surface area (Å²) in [6, 6.07) is 7.42. The number of carbonyl (C=O) groups is 2. The van der Waals surface area contributed by atoms with Crippen LogP contribution in [0.3, 0.4) is 0 Å². The van der Waals surface area contributed by atoms with Crippen LogP contribution in [-0.2, 0) is 14.3 Å². The van der Waals surface area contributed by atoms with Gasteiger partial charge in [-0.2, -0.15) is 0 Å². The molecule has 0 unspecified atom stereocenters. The Hall–Kier alpha value is -1.63. The van der Waals surface area contributed by atoms with Crippen LogP contribution in [0, 0.1) is 0 Å². The molecule has 1 aromatic carbocycles. The first-order valence-electron chi connectivity index (χ1n) is 8.24. The van der Waals surface area contributed by atoms with Crippen molar-refractivity contribution >= 4 is 35.6 Å². The summed E-state index contributed by atoms with van der Waals surface area (Å²) in [5, 5.41) is 2.88. The molecule has 0 bridgehead atoms. The highest BCUT2D eigenvalue weighted by molar-refractivity contribution is 5.97. The molecular formula is C17H24ClN3O3. The third kappa shape index (κ3) is 4.26. The first-order valence-corrected chi connectivity index (χ1v) is 8.24. The standard InChI is InChI=1S/C17H23N3O3.ClH/c18-11-14-7-8-15(23-14)17(22)19-12-4-3-5-13(10-12)20-9-2-1-6-16(20)21;/h3-5,10,14-15H,1-2,6-9,11,18H2,(H,19,22);1H/t14-,15+;/m1./s1. The van der Waals surface area contributed by atoms with Crippen molar-refractivity contribution in [3.05, 3.63) is 24.3 Å². The molecule has 1 aromatic rings. The maximum absolute atomic E-state index is 12.3. The smallest absolute Gasteiger partial charge is 0.253 e. The van der Waals surface area contributed by atoms with Gasteiger partial charge in [-0.15, -0.1) is 12.4 Å². The van der Waals surface area contributed by atoms with Crippen LogP contribution in [0.15, 0.2) is 24.3 Å². The van der Waals surface area contributed by atoms with Crippen molar-refractivity contribution in [2.75, 3.05) is 23.3 Å². The van der Waals surface area contributed by atoms with Gasteiger partial charge in [-0.1, -0.05) is 6.07 Å². The fraction of sp³-hybridized carbons (Fsp3) is 0.529. The molecule has 2 aliphatic rings. The maximum Gasteiger partial charge on any atom is 0.253 e. The number of benzene rings is 1. The van der Waals surface area contributed by atoms with Gasteiger partial charge in [0, 0.05) is 30.9 Å². The monoisotopic (exact) mass is 353 g/mol. The highest BCUT2D eigenvalue weighted by Gasteiger charge is 2.30. The minimum atomic E-state index is -0.441. The van der Waals surface area contributed by atoms with Gasteiger partial charge in [0.25, 0.3) is 5.91 Å². The molecule has 0 aromatic heterocycles. The minimum absolute atomic E-state index is 0. The van der Waals surface area contributed by atoms with E-state index in [4.69, 9.17) is 10.5 Å². The van der Waals surface area contributed by atoms with Crippen LogP contribution in [0.5, 0.6) is 0 Å². The van der Waals surface area contributed by atoms with E-state index in [1.165, 1.54) is 0 Å². The summed E-state index contributed by atoms with van der Waals surface area (Å²) in [5.41, 5.74) is 7.09. The van der Waals surface area contributed by atoms with E-state index >= 15 is 0 Å². The fourth-order valence-electron chi connectivity index (χ4n) is 3.13. The lowest BCUT2D eigenvalue weighted by atomic mass is 10.1. The van der Waals surface area contributed by atoms with Crippen molar-refractivity contribution in [2.45, 2.75) is 44.3 Å². The van der Waals surface area contributed by atoms with Crippen molar-refractivity contribution in [2.24, 2.45) is 5.73 Å². The predicted molar refractivity (Wildman–Crippen MR) is 95.5 cm³/mol. The number of piperidine rings is 1. The van der Waals surface area contributed by atoms with E-state index in [9.17, 15) is 9.59 Å². The molecule has 2 saturated heterocycles. The largest absolute Gasteiger partial charge is 0.364 e. The zero-order chi connectivity index (χ0) is 16.2. The van der Waals surface area contributed by atoms with Gasteiger partial charge >= 0.3 is 0 Å². The molecule has 0 radical (unpaired) electrons. The Labute approximate surface area is 148 Å². The molecule has 6 nitrogen and oxygen atoms in total. The Morgan fingerprint density at radius 3 is 2.88 bits per heavy atom. The Bertz CT molecular complexity index is 596. The maximum atomic E-state index is 12.3. The zero-order valence-electron chi connectivity index (χ0n) is 13.6. The van der Waals surface area contributed by atoms with E-state index in [0.29, 0.717) is 25.1 Å². The number of anilines is 2. The summed E-state index contributed by atoms with van der Waals surface area (Å²) in [7, 11) is 0. The van der Waals surface area contributed by atoms with E-state index in [1.54, 1.807) is 4.90 Å². The number of halogens is 1. The average Bonchev–Trinajstić information content (AvgIpc) is 3.05. The molecule has 0 saturated carbocycles. The van der Waals surface area contributed by atoms with Crippen molar-refractivity contribution in [3.8, 4) is 0 Å². The molecule has 3 N–H and O–H groups in total. The second-order valence-electron chi connectivity index (χ2n) is 6.10. The Morgan fingerprint density at radius 1 is 1.33 bits per heavy atom. The molecule has 2 atom stereocenters. The normalized spacial score (nSPS) is 23.7. The molecule has 0 aliphatic carbocycles. The van der Waals surface area contributed by atoms with Crippen LogP contribution in [0.1, 0.15) is 32.1 Å². The van der Waals surface area contributed by atoms with Gasteiger partial charge in [-0.3, -0.25) is 9.59 Å². The Kier molecular flexibility index (Phi) is 6.60. The number of hydrogen-bond donors (Lipinski definition) is 2. The summed E-state index contributed by atoms with van der Waals surface area (Å²) in [4.78, 5) is 26.1. The Balaban J connectivity index is 0.00000208. The lowest BCUT2D eigenvalue weighted by Crippen LogP contribution is -2.35. The van der Waals surface area contributed by atoms with Gasteiger partial charge in [0.1, 0.15) is 6.10 Å². The number of rotatable bonds is 4. The Morgan fingerprint density at radius 2 is 2.17 bits per heavy atom. The average molecular weight is 354 g/mol. The summed E-state index contributed by atoms with van der Waals surface area (Å²) in [6.07, 6.45) is 3.60. The fourth-order valence-corrected chi connectivity index (χ4v) is 3.13. The molecule has 2 heterocycles. The third-order valence-electron chi connectivity index (χ3n) is 4.41. The van der Waals surface area contributed by atoms with Gasteiger partial charge in [0.15, 0.2) is 0 Å². The second kappa shape index (κ2) is 8.46. The molecule has 7 heteroatoms. The number of amides is 2. The quantitative estimate of drug-likeness (QED) is 0.867. The van der Waals surface area contributed by atoms with E-state index < -0.39 is 6.10 Å². The molecular weight excluding hydrogens is 330 g/mol. The first-order chi connectivity index (χ1) is 11.2. The van der Waals surface area contributed by atoms with Crippen LogP contribution in [0.4, 0.5) is 11.4 Å². The zero-order valence-corrected chi connectivity index (χ0v) is 14.4. The molecule has 2 amide bonds. The van der Waals surface area contributed by atoms with Crippen LogP contribution in [0.25, 0.3) is 0 Å². The predicted octanol–water partition coefficient (Wildman–Crippen LogP) is 2.07. The van der Waals surface area contributed by atoms with Crippen molar-refractivity contribution < 1.29 is 14.3 Å². The first kappa shape index (κ1) is 18.7. The van der Waals surface area contributed by atoms with Gasteiger partial charge < -0.3 is 20.7 Å².